The molecule has 0 bridgehead atoms. The first kappa shape index (κ1) is 9.26. The van der Waals surface area contributed by atoms with Gasteiger partial charge < -0.3 is 9.84 Å². The van der Waals surface area contributed by atoms with Crippen molar-refractivity contribution in [3.05, 3.63) is 0 Å². The summed E-state index contributed by atoms with van der Waals surface area (Å²) in [6.07, 6.45) is 1.04. The van der Waals surface area contributed by atoms with E-state index in [1.807, 2.05) is 0 Å². The van der Waals surface area contributed by atoms with Crippen molar-refractivity contribution in [2.75, 3.05) is 13.2 Å². The van der Waals surface area contributed by atoms with Gasteiger partial charge in [-0.25, -0.2) is 9.59 Å². The lowest BCUT2D eigenvalue weighted by Crippen LogP contribution is -2.50. The van der Waals surface area contributed by atoms with Gasteiger partial charge in [0.25, 0.3) is 0 Å². The van der Waals surface area contributed by atoms with E-state index in [0.29, 0.717) is 0 Å². The molecule has 14 heavy (non-hydrogen) atoms. The highest BCUT2D eigenvalue weighted by atomic mass is 16.6. The van der Waals surface area contributed by atoms with Gasteiger partial charge >= 0.3 is 12.1 Å². The summed E-state index contributed by atoms with van der Waals surface area (Å²) < 4.78 is 4.72. The van der Waals surface area contributed by atoms with Gasteiger partial charge in [-0.1, -0.05) is 0 Å². The van der Waals surface area contributed by atoms with Gasteiger partial charge in [0, 0.05) is 0 Å². The predicted molar refractivity (Wildman–Crippen MR) is 45.6 cm³/mol. The van der Waals surface area contributed by atoms with Gasteiger partial charge in [-0.15, -0.1) is 0 Å². The zero-order valence-corrected chi connectivity index (χ0v) is 7.60. The summed E-state index contributed by atoms with van der Waals surface area (Å²) in [6.45, 7) is 0.771. The Kier molecular flexibility index (Phi) is 2.28. The second-order valence-electron chi connectivity index (χ2n) is 3.45. The smallest absolute Gasteiger partial charge is 0.411 e. The zero-order chi connectivity index (χ0) is 10.1. The second-order valence-corrected chi connectivity index (χ2v) is 3.45. The van der Waals surface area contributed by atoms with Crippen LogP contribution in [0.5, 0.6) is 0 Å². The quantitative estimate of drug-likeness (QED) is 0.634. The van der Waals surface area contributed by atoms with Crippen LogP contribution in [0.4, 0.5) is 4.79 Å². The van der Waals surface area contributed by atoms with Crippen LogP contribution in [0.2, 0.25) is 0 Å². The first-order valence-electron chi connectivity index (χ1n) is 4.61. The van der Waals surface area contributed by atoms with Crippen molar-refractivity contribution in [1.82, 2.24) is 10.2 Å². The largest absolute Gasteiger partial charge is 0.480 e. The van der Waals surface area contributed by atoms with Gasteiger partial charge in [0.1, 0.15) is 6.61 Å². The van der Waals surface area contributed by atoms with E-state index in [9.17, 15) is 9.59 Å². The molecule has 2 unspecified atom stereocenters. The molecule has 0 spiro atoms. The molecule has 6 nitrogen and oxygen atoms in total. The first-order valence-corrected chi connectivity index (χ1v) is 4.61. The fourth-order valence-corrected chi connectivity index (χ4v) is 1.87. The van der Waals surface area contributed by atoms with Crippen molar-refractivity contribution in [1.29, 1.82) is 0 Å². The topological polar surface area (TPSA) is 78.9 Å². The molecule has 78 valence electrons. The Bertz CT molecular complexity index is 262. The van der Waals surface area contributed by atoms with Gasteiger partial charge in [-0.05, 0) is 19.4 Å². The van der Waals surface area contributed by atoms with Crippen molar-refractivity contribution in [3.8, 4) is 0 Å². The number of aliphatic carboxylic acids is 1. The minimum Gasteiger partial charge on any atom is -0.480 e. The SMILES string of the molecule is O=C(O)C1COC(=O)N1C1CCCN1. The fraction of sp³-hybridized carbons (Fsp3) is 0.750. The Hall–Kier alpha value is -1.30. The van der Waals surface area contributed by atoms with Crippen molar-refractivity contribution in [3.63, 3.8) is 0 Å². The lowest BCUT2D eigenvalue weighted by molar-refractivity contribution is -0.142. The Morgan fingerprint density at radius 3 is 3.00 bits per heavy atom. The van der Waals surface area contributed by atoms with E-state index in [0.717, 1.165) is 19.4 Å². The summed E-state index contributed by atoms with van der Waals surface area (Å²) in [5.74, 6) is -1.01. The third-order valence-corrected chi connectivity index (χ3v) is 2.57. The number of rotatable bonds is 2. The zero-order valence-electron chi connectivity index (χ0n) is 7.60. The number of ether oxygens (including phenoxy) is 1. The number of hydrogen-bond donors (Lipinski definition) is 2. The van der Waals surface area contributed by atoms with Crippen molar-refractivity contribution < 1.29 is 19.4 Å². The van der Waals surface area contributed by atoms with E-state index < -0.39 is 18.1 Å². The molecular formula is C8H12N2O4. The third-order valence-electron chi connectivity index (χ3n) is 2.57. The molecule has 0 saturated carbocycles. The molecule has 2 heterocycles. The molecule has 0 aromatic carbocycles. The monoisotopic (exact) mass is 200 g/mol. The van der Waals surface area contributed by atoms with Gasteiger partial charge in [-0.3, -0.25) is 10.2 Å². The average molecular weight is 200 g/mol. The maximum Gasteiger partial charge on any atom is 0.411 e. The minimum atomic E-state index is -1.01. The molecule has 2 aliphatic heterocycles. The fourth-order valence-electron chi connectivity index (χ4n) is 1.87. The Balaban J connectivity index is 2.12. The number of carboxylic acid groups (broad SMARTS) is 1. The number of nitrogens with zero attached hydrogens (tertiary/aromatic N) is 1. The lowest BCUT2D eigenvalue weighted by atomic mass is 10.2. The third kappa shape index (κ3) is 1.41. The van der Waals surface area contributed by atoms with Gasteiger partial charge in [0.05, 0.1) is 6.17 Å². The highest BCUT2D eigenvalue weighted by molar-refractivity contribution is 5.83. The van der Waals surface area contributed by atoms with E-state index in [-0.39, 0.29) is 12.8 Å². The molecule has 2 fully saturated rings. The van der Waals surface area contributed by atoms with Crippen LogP contribution < -0.4 is 5.32 Å². The molecule has 0 aliphatic carbocycles. The van der Waals surface area contributed by atoms with Crippen LogP contribution in [-0.4, -0.2) is 47.4 Å². The lowest BCUT2D eigenvalue weighted by Gasteiger charge is -2.24. The van der Waals surface area contributed by atoms with Gasteiger partial charge in [0.2, 0.25) is 0 Å². The highest BCUT2D eigenvalue weighted by Gasteiger charge is 2.43. The van der Waals surface area contributed by atoms with Crippen molar-refractivity contribution in [2.24, 2.45) is 0 Å². The minimum absolute atomic E-state index is 0.0493. The predicted octanol–water partition coefficient (Wildman–Crippen LogP) is -0.399. The maximum absolute atomic E-state index is 11.3. The van der Waals surface area contributed by atoms with Gasteiger partial charge in [0.15, 0.2) is 6.04 Å². The summed E-state index contributed by atoms with van der Waals surface area (Å²) >= 11 is 0. The van der Waals surface area contributed by atoms with Crippen LogP contribution in [-0.2, 0) is 9.53 Å². The number of cyclic esters (lactones) is 1. The van der Waals surface area contributed by atoms with Crippen molar-refractivity contribution in [2.45, 2.75) is 25.0 Å². The molecule has 2 atom stereocenters. The number of hydrogen-bond acceptors (Lipinski definition) is 4. The van der Waals surface area contributed by atoms with Crippen LogP contribution in [0.25, 0.3) is 0 Å². The summed E-state index contributed by atoms with van der Waals surface area (Å²) in [4.78, 5) is 23.4. The normalized spacial score (nSPS) is 32.0. The number of carbonyl (C=O) groups is 2. The van der Waals surface area contributed by atoms with E-state index in [1.54, 1.807) is 0 Å². The maximum atomic E-state index is 11.3. The van der Waals surface area contributed by atoms with Gasteiger partial charge in [-0.2, -0.15) is 0 Å². The molecule has 2 N–H and O–H groups in total. The number of carboxylic acids is 1. The van der Waals surface area contributed by atoms with E-state index in [2.05, 4.69) is 5.32 Å². The molecule has 2 rings (SSSR count). The van der Waals surface area contributed by atoms with Crippen LogP contribution in [0.15, 0.2) is 0 Å². The summed E-state index contributed by atoms with van der Waals surface area (Å²) in [6, 6.07) is -0.835. The van der Waals surface area contributed by atoms with Crippen LogP contribution in [0.1, 0.15) is 12.8 Å². The summed E-state index contributed by atoms with van der Waals surface area (Å²) in [5, 5.41) is 11.9. The number of amides is 1. The Morgan fingerprint density at radius 2 is 2.43 bits per heavy atom. The van der Waals surface area contributed by atoms with Crippen molar-refractivity contribution >= 4 is 12.1 Å². The Labute approximate surface area is 80.8 Å². The van der Waals surface area contributed by atoms with E-state index in [4.69, 9.17) is 9.84 Å². The summed E-state index contributed by atoms with van der Waals surface area (Å²) in [5.41, 5.74) is 0. The molecular weight excluding hydrogens is 188 g/mol. The van der Waals surface area contributed by atoms with Crippen LogP contribution >= 0.6 is 0 Å². The molecule has 6 heteroatoms. The second kappa shape index (κ2) is 3.45. The average Bonchev–Trinajstić information content (AvgIpc) is 2.71. The molecule has 2 saturated heterocycles. The molecule has 2 aliphatic rings. The summed E-state index contributed by atoms with van der Waals surface area (Å²) in [7, 11) is 0. The highest BCUT2D eigenvalue weighted by Crippen LogP contribution is 2.20. The Morgan fingerprint density at radius 1 is 1.64 bits per heavy atom. The number of nitrogens with one attached hydrogen (secondary N) is 1. The molecule has 0 radical (unpaired) electrons. The standard InChI is InChI=1S/C8H12N2O4/c11-7(12)5-4-14-8(13)10(5)6-2-1-3-9-6/h5-6,9H,1-4H2,(H,11,12). The van der Waals surface area contributed by atoms with E-state index in [1.165, 1.54) is 4.90 Å². The number of carbonyl (C=O) groups excluding carboxylic acids is 1. The molecule has 0 aromatic heterocycles. The first-order chi connectivity index (χ1) is 6.70. The van der Waals surface area contributed by atoms with Crippen LogP contribution in [0, 0.1) is 0 Å². The van der Waals surface area contributed by atoms with E-state index >= 15 is 0 Å². The molecule has 0 aromatic rings. The molecule has 1 amide bonds. The van der Waals surface area contributed by atoms with Crippen LogP contribution in [0.3, 0.4) is 0 Å².